The summed E-state index contributed by atoms with van der Waals surface area (Å²) < 4.78 is 43.5. The number of ether oxygens (including phenoxy) is 2. The summed E-state index contributed by atoms with van der Waals surface area (Å²) >= 11 is 6.65. The zero-order chi connectivity index (χ0) is 39.5. The lowest BCUT2D eigenvalue weighted by molar-refractivity contribution is -0.116. The Morgan fingerprint density at radius 2 is 1.71 bits per heavy atom. The highest BCUT2D eigenvalue weighted by Gasteiger charge is 2.29. The second kappa shape index (κ2) is 16.8. The van der Waals surface area contributed by atoms with Crippen LogP contribution in [0.15, 0.2) is 66.9 Å². The van der Waals surface area contributed by atoms with Crippen LogP contribution >= 0.6 is 11.6 Å². The van der Waals surface area contributed by atoms with Crippen molar-refractivity contribution in [2.45, 2.75) is 89.6 Å². The third-order valence-electron chi connectivity index (χ3n) is 10.3. The van der Waals surface area contributed by atoms with Gasteiger partial charge in [-0.05, 0) is 86.3 Å². The number of benzene rings is 2. The molecule has 5 aromatic rings. The van der Waals surface area contributed by atoms with E-state index in [0.29, 0.717) is 41.0 Å². The fourth-order valence-electron chi connectivity index (χ4n) is 7.49. The van der Waals surface area contributed by atoms with Crippen molar-refractivity contribution in [3.05, 3.63) is 88.7 Å². The summed E-state index contributed by atoms with van der Waals surface area (Å²) in [6.07, 6.45) is 10.2. The molecule has 1 fully saturated rings. The fraction of sp³-hybridized carbons (Fsp3) is 0.463. The normalized spacial score (nSPS) is 17.5. The van der Waals surface area contributed by atoms with Crippen molar-refractivity contribution in [1.82, 2.24) is 24.4 Å². The monoisotopic (exact) mass is 803 g/mol. The van der Waals surface area contributed by atoms with Gasteiger partial charge in [-0.15, -0.1) is 10.2 Å². The lowest BCUT2D eigenvalue weighted by Crippen LogP contribution is -2.31. The predicted octanol–water partition coefficient (Wildman–Crippen LogP) is 8.02. The molecule has 1 aliphatic heterocycles. The Bertz CT molecular complexity index is 2280. The van der Waals surface area contributed by atoms with Crippen molar-refractivity contribution >= 4 is 45.0 Å². The van der Waals surface area contributed by atoms with Gasteiger partial charge in [0.05, 0.1) is 28.9 Å². The van der Waals surface area contributed by atoms with Gasteiger partial charge in [0.2, 0.25) is 11.9 Å². The average Bonchev–Trinajstić information content (AvgIpc) is 3.79. The maximum atomic E-state index is 13.5. The van der Waals surface area contributed by atoms with Crippen LogP contribution < -0.4 is 19.7 Å². The summed E-state index contributed by atoms with van der Waals surface area (Å²) in [5, 5.41) is 17.2. The van der Waals surface area contributed by atoms with Gasteiger partial charge < -0.3 is 19.7 Å². The molecule has 1 N–H and O–H groups in total. The molecule has 298 valence electrons. The van der Waals surface area contributed by atoms with Gasteiger partial charge in [-0.2, -0.15) is 13.5 Å². The molecule has 0 bridgehead atoms. The molecule has 0 saturated carbocycles. The van der Waals surface area contributed by atoms with Crippen LogP contribution in [-0.2, 0) is 24.5 Å². The summed E-state index contributed by atoms with van der Waals surface area (Å²) in [7, 11) is -3.58. The van der Waals surface area contributed by atoms with E-state index in [4.69, 9.17) is 30.4 Å². The number of fused-ring (bicyclic) bond motifs is 2. The van der Waals surface area contributed by atoms with Gasteiger partial charge in [-0.3, -0.25) is 13.4 Å². The van der Waals surface area contributed by atoms with Gasteiger partial charge >= 0.3 is 0 Å². The molecule has 13 nitrogen and oxygen atoms in total. The topological polar surface area (TPSA) is 142 Å². The number of aromatic nitrogens is 5. The molecule has 0 spiro atoms. The fourth-order valence-corrected chi connectivity index (χ4v) is 8.06. The Morgan fingerprint density at radius 1 is 0.946 bits per heavy atom. The zero-order valence-corrected chi connectivity index (χ0v) is 34.0. The van der Waals surface area contributed by atoms with E-state index >= 15 is 0 Å². The maximum absolute atomic E-state index is 13.5. The first-order valence-corrected chi connectivity index (χ1v) is 21.5. The van der Waals surface area contributed by atoms with E-state index in [0.717, 1.165) is 74.5 Å². The SMILES string of the molecule is CC(C)(C)c1cc(NC(=O)CCCC2CC[C@@H](Oc3ccc4nnc(N5CCCCC5)n4c3)c3ccccc32)n(-c2cc(OCCOS(C)(=O)=O)ccc2Cl)n1. The second-order valence-corrected chi connectivity index (χ2v) is 17.7. The van der Waals surface area contributed by atoms with E-state index in [9.17, 15) is 13.2 Å². The van der Waals surface area contributed by atoms with Crippen LogP contribution in [0.4, 0.5) is 11.8 Å². The van der Waals surface area contributed by atoms with Crippen LogP contribution in [-0.4, -0.2) is 71.3 Å². The van der Waals surface area contributed by atoms with Crippen LogP contribution in [0.3, 0.4) is 0 Å². The number of nitrogens with one attached hydrogen (secondary N) is 1. The minimum absolute atomic E-state index is 0.0172. The molecule has 2 aromatic carbocycles. The van der Waals surface area contributed by atoms with E-state index in [1.165, 1.54) is 17.5 Å². The number of carbonyl (C=O) groups is 1. The van der Waals surface area contributed by atoms with Crippen LogP contribution in [0.2, 0.25) is 5.02 Å². The molecule has 56 heavy (non-hydrogen) atoms. The summed E-state index contributed by atoms with van der Waals surface area (Å²) in [5.74, 6) is 2.80. The molecule has 0 radical (unpaired) electrons. The molecule has 2 aliphatic rings. The Labute approximate surface area is 333 Å². The largest absolute Gasteiger partial charge is 0.491 e. The number of carbonyl (C=O) groups excluding carboxylic acids is 1. The number of rotatable bonds is 14. The van der Waals surface area contributed by atoms with Crippen LogP contribution in [0.25, 0.3) is 11.3 Å². The third-order valence-corrected chi connectivity index (χ3v) is 11.2. The van der Waals surface area contributed by atoms with Gasteiger partial charge in [-0.25, -0.2) is 4.68 Å². The molecular weight excluding hydrogens is 754 g/mol. The highest BCUT2D eigenvalue weighted by atomic mass is 35.5. The van der Waals surface area contributed by atoms with Gasteiger partial charge in [0.15, 0.2) is 5.65 Å². The maximum Gasteiger partial charge on any atom is 0.264 e. The third kappa shape index (κ3) is 9.47. The van der Waals surface area contributed by atoms with Crippen LogP contribution in [0.1, 0.15) is 101 Å². The molecule has 1 amide bonds. The molecule has 1 saturated heterocycles. The number of anilines is 2. The number of hydrogen-bond donors (Lipinski definition) is 1. The molecule has 3 aromatic heterocycles. The predicted molar refractivity (Wildman–Crippen MR) is 217 cm³/mol. The standard InChI is InChI=1S/C41H50ClN7O6S/c1-41(2,3)36-26-38(49(46-36)34-25-29(16-18-33(34)42)53-23-24-54-56(4,51)52)43-39(50)14-10-11-28-15-19-35(32-13-7-6-12-31(28)32)55-30-17-20-37-44-45-40(48(37)27-30)47-21-8-5-9-22-47/h6-7,12-13,16-18,20,25-28,35H,5,8-11,14-15,19,21-24H2,1-4H3,(H,43,50)/t28?,35-/m1/s1. The highest BCUT2D eigenvalue weighted by Crippen LogP contribution is 2.42. The molecule has 15 heteroatoms. The number of hydrogen-bond acceptors (Lipinski definition) is 10. The minimum atomic E-state index is -3.58. The first kappa shape index (κ1) is 39.6. The quantitative estimate of drug-likeness (QED) is 0.0867. The van der Waals surface area contributed by atoms with Gasteiger partial charge in [0, 0.05) is 37.1 Å². The Balaban J connectivity index is 0.994. The number of piperidine rings is 1. The van der Waals surface area contributed by atoms with E-state index in [1.54, 1.807) is 22.9 Å². The summed E-state index contributed by atoms with van der Waals surface area (Å²) in [5.41, 5.74) is 4.26. The van der Waals surface area contributed by atoms with E-state index in [1.807, 2.05) is 49.6 Å². The molecular formula is C41H50ClN7O6S. The molecule has 4 heterocycles. The summed E-state index contributed by atoms with van der Waals surface area (Å²) in [6, 6.07) is 19.4. The van der Waals surface area contributed by atoms with Crippen molar-refractivity contribution in [1.29, 1.82) is 0 Å². The summed E-state index contributed by atoms with van der Waals surface area (Å²) in [6.45, 7) is 8.01. The number of nitrogens with zero attached hydrogens (tertiary/aromatic N) is 6. The molecule has 7 rings (SSSR count). The van der Waals surface area contributed by atoms with Gasteiger partial charge in [0.25, 0.3) is 10.1 Å². The summed E-state index contributed by atoms with van der Waals surface area (Å²) in [4.78, 5) is 15.8. The highest BCUT2D eigenvalue weighted by molar-refractivity contribution is 7.85. The zero-order valence-electron chi connectivity index (χ0n) is 32.4. The van der Waals surface area contributed by atoms with Crippen molar-refractivity contribution in [3.63, 3.8) is 0 Å². The van der Waals surface area contributed by atoms with Crippen molar-refractivity contribution in [3.8, 4) is 17.2 Å². The Kier molecular flexibility index (Phi) is 11.9. The van der Waals surface area contributed by atoms with Crippen molar-refractivity contribution in [2.75, 3.05) is 42.8 Å². The lowest BCUT2D eigenvalue weighted by atomic mass is 9.79. The van der Waals surface area contributed by atoms with E-state index < -0.39 is 10.1 Å². The second-order valence-electron chi connectivity index (χ2n) is 15.7. The number of pyridine rings is 1. The first-order chi connectivity index (χ1) is 26.8. The van der Waals surface area contributed by atoms with E-state index in [-0.39, 0.29) is 30.6 Å². The number of halogens is 1. The van der Waals surface area contributed by atoms with Gasteiger partial charge in [0.1, 0.15) is 36.6 Å². The average molecular weight is 804 g/mol. The first-order valence-electron chi connectivity index (χ1n) is 19.3. The molecule has 2 atom stereocenters. The molecule has 1 unspecified atom stereocenters. The lowest BCUT2D eigenvalue weighted by Gasteiger charge is -2.32. The smallest absolute Gasteiger partial charge is 0.264 e. The van der Waals surface area contributed by atoms with Gasteiger partial charge in [-0.1, -0.05) is 56.6 Å². The number of amides is 1. The molecule has 1 aliphatic carbocycles. The van der Waals surface area contributed by atoms with Crippen LogP contribution in [0.5, 0.6) is 11.5 Å². The van der Waals surface area contributed by atoms with Crippen LogP contribution in [0, 0.1) is 0 Å². The Morgan fingerprint density at radius 3 is 2.48 bits per heavy atom. The van der Waals surface area contributed by atoms with Crippen molar-refractivity contribution in [2.24, 2.45) is 0 Å². The Hall–Kier alpha value is -4.66. The van der Waals surface area contributed by atoms with Crippen molar-refractivity contribution < 1.29 is 26.9 Å². The van der Waals surface area contributed by atoms with E-state index in [2.05, 4.69) is 44.7 Å². The minimum Gasteiger partial charge on any atom is -0.491 e.